The number of hydrogen-bond acceptors (Lipinski definition) is 3. The Morgan fingerprint density at radius 2 is 2.05 bits per heavy atom. The maximum absolute atomic E-state index is 5.46. The van der Waals surface area contributed by atoms with Crippen LogP contribution in [0.3, 0.4) is 0 Å². The van der Waals surface area contributed by atoms with Crippen LogP contribution < -0.4 is 4.74 Å². The molecule has 19 heavy (non-hydrogen) atoms. The van der Waals surface area contributed by atoms with E-state index in [1.54, 1.807) is 7.11 Å². The van der Waals surface area contributed by atoms with Crippen LogP contribution in [0.1, 0.15) is 39.3 Å². The number of imidazole rings is 1. The molecule has 0 spiro atoms. The summed E-state index contributed by atoms with van der Waals surface area (Å²) in [5, 5.41) is 0. The first-order valence-electron chi connectivity index (χ1n) is 6.82. The second kappa shape index (κ2) is 5.45. The van der Waals surface area contributed by atoms with Crippen LogP contribution in [0.15, 0.2) is 23.4 Å². The molecular formula is C15H22N2OS. The molecule has 0 aromatic carbocycles. The second-order valence-electron chi connectivity index (χ2n) is 4.89. The average Bonchev–Trinajstić information content (AvgIpc) is 3.05. The molecular weight excluding hydrogens is 256 g/mol. The summed E-state index contributed by atoms with van der Waals surface area (Å²) in [6.07, 6.45) is 6.62. The Balaban J connectivity index is 0.000000637. The molecule has 1 aliphatic rings. The Morgan fingerprint density at radius 1 is 1.37 bits per heavy atom. The number of aromatic nitrogens is 2. The number of hydrogen-bond donors (Lipinski definition) is 0. The molecule has 0 unspecified atom stereocenters. The predicted octanol–water partition coefficient (Wildman–Crippen LogP) is 4.32. The molecule has 3 nitrogen and oxygen atoms in total. The van der Waals surface area contributed by atoms with Crippen molar-refractivity contribution in [2.24, 2.45) is 0 Å². The van der Waals surface area contributed by atoms with Crippen molar-refractivity contribution in [2.45, 2.75) is 50.2 Å². The van der Waals surface area contributed by atoms with Gasteiger partial charge in [0.2, 0.25) is 0 Å². The molecule has 0 aliphatic heterocycles. The van der Waals surface area contributed by atoms with Crippen LogP contribution in [0, 0.1) is 6.92 Å². The Bertz CT molecular complexity index is 573. The van der Waals surface area contributed by atoms with E-state index in [0.717, 1.165) is 17.1 Å². The van der Waals surface area contributed by atoms with Crippen LogP contribution in [0.4, 0.5) is 0 Å². The molecule has 2 aromatic heterocycles. The van der Waals surface area contributed by atoms with E-state index in [4.69, 9.17) is 4.74 Å². The van der Waals surface area contributed by atoms with Crippen molar-refractivity contribution in [3.63, 3.8) is 0 Å². The molecule has 3 rings (SSSR count). The van der Waals surface area contributed by atoms with Crippen molar-refractivity contribution in [3.8, 4) is 5.75 Å². The van der Waals surface area contributed by atoms with Gasteiger partial charge >= 0.3 is 0 Å². The summed E-state index contributed by atoms with van der Waals surface area (Å²) in [7, 11) is 1.72. The summed E-state index contributed by atoms with van der Waals surface area (Å²) in [4.78, 5) is 5.56. The highest BCUT2D eigenvalue weighted by atomic mass is 32.2. The van der Waals surface area contributed by atoms with Gasteiger partial charge in [-0.15, -0.1) is 11.8 Å². The van der Waals surface area contributed by atoms with Crippen molar-refractivity contribution >= 4 is 17.4 Å². The zero-order valence-corrected chi connectivity index (χ0v) is 13.2. The molecule has 2 aromatic rings. The number of thioether (sulfide) groups is 1. The lowest BCUT2D eigenvalue weighted by molar-refractivity contribution is 0.404. The Morgan fingerprint density at radius 3 is 2.63 bits per heavy atom. The molecule has 0 N–H and O–H groups in total. The van der Waals surface area contributed by atoms with Crippen LogP contribution in [-0.2, 0) is 0 Å². The summed E-state index contributed by atoms with van der Waals surface area (Å²) in [5.41, 5.74) is 2.11. The van der Waals surface area contributed by atoms with Gasteiger partial charge in [0.05, 0.1) is 12.0 Å². The lowest BCUT2D eigenvalue weighted by Gasteiger charge is -2.13. The molecule has 0 amide bonds. The van der Waals surface area contributed by atoms with E-state index in [0.29, 0.717) is 4.75 Å². The minimum Gasteiger partial charge on any atom is -0.495 e. The van der Waals surface area contributed by atoms with E-state index in [9.17, 15) is 0 Å². The minimum atomic E-state index is 0.412. The highest BCUT2D eigenvalue weighted by molar-refractivity contribution is 8.01. The maximum Gasteiger partial charge on any atom is 0.140 e. The molecule has 1 fully saturated rings. The van der Waals surface area contributed by atoms with Gasteiger partial charge in [-0.25, -0.2) is 4.98 Å². The zero-order chi connectivity index (χ0) is 14.0. The van der Waals surface area contributed by atoms with Gasteiger partial charge in [-0.3, -0.25) is 0 Å². The van der Waals surface area contributed by atoms with Gasteiger partial charge < -0.3 is 9.14 Å². The van der Waals surface area contributed by atoms with Gasteiger partial charge in [-0.05, 0) is 19.8 Å². The van der Waals surface area contributed by atoms with Crippen molar-refractivity contribution in [1.29, 1.82) is 0 Å². The number of aryl methyl sites for hydroxylation is 1. The van der Waals surface area contributed by atoms with Gasteiger partial charge in [0, 0.05) is 28.9 Å². The number of rotatable bonds is 3. The normalized spacial score (nSPS) is 15.8. The zero-order valence-electron chi connectivity index (χ0n) is 12.4. The summed E-state index contributed by atoms with van der Waals surface area (Å²) in [5.74, 6) is 0.932. The fourth-order valence-corrected chi connectivity index (χ4v) is 3.13. The minimum absolute atomic E-state index is 0.412. The largest absolute Gasteiger partial charge is 0.495 e. The van der Waals surface area contributed by atoms with Crippen LogP contribution >= 0.6 is 11.8 Å². The lowest BCUT2D eigenvalue weighted by atomic mass is 10.4. The number of pyridine rings is 1. The summed E-state index contributed by atoms with van der Waals surface area (Å²) >= 11 is 1.92. The van der Waals surface area contributed by atoms with Crippen LogP contribution in [-0.4, -0.2) is 21.2 Å². The topological polar surface area (TPSA) is 26.5 Å². The van der Waals surface area contributed by atoms with Crippen molar-refractivity contribution < 1.29 is 4.74 Å². The van der Waals surface area contributed by atoms with E-state index in [1.807, 2.05) is 37.9 Å². The van der Waals surface area contributed by atoms with E-state index >= 15 is 0 Å². The molecule has 2 heterocycles. The summed E-state index contributed by atoms with van der Waals surface area (Å²) < 4.78 is 8.00. The monoisotopic (exact) mass is 278 g/mol. The number of ether oxygens (including phenoxy) is 1. The van der Waals surface area contributed by atoms with Crippen LogP contribution in [0.2, 0.25) is 0 Å². The summed E-state index contributed by atoms with van der Waals surface area (Å²) in [6.45, 7) is 8.38. The highest BCUT2D eigenvalue weighted by Gasteiger charge is 2.39. The summed E-state index contributed by atoms with van der Waals surface area (Å²) in [6, 6.07) is 2.01. The third kappa shape index (κ3) is 2.89. The Kier molecular flexibility index (Phi) is 4.09. The van der Waals surface area contributed by atoms with Gasteiger partial charge in [0.1, 0.15) is 11.4 Å². The first-order valence-corrected chi connectivity index (χ1v) is 7.64. The first-order chi connectivity index (χ1) is 9.11. The fourth-order valence-electron chi connectivity index (χ4n) is 1.89. The van der Waals surface area contributed by atoms with Gasteiger partial charge in [-0.1, -0.05) is 20.8 Å². The standard InChI is InChI=1S/C13H16N2OS.C2H6/c1-9-7-14-12-6-10(16-3)11(8-15(9)12)17-13(2)4-5-13;1-2/h6-8H,4-5H2,1-3H3;1-2H3. The van der Waals surface area contributed by atoms with Gasteiger partial charge in [0.15, 0.2) is 0 Å². The van der Waals surface area contributed by atoms with Crippen molar-refractivity contribution in [3.05, 3.63) is 24.2 Å². The quantitative estimate of drug-likeness (QED) is 0.836. The van der Waals surface area contributed by atoms with E-state index < -0.39 is 0 Å². The number of nitrogens with zero attached hydrogens (tertiary/aromatic N) is 2. The number of fused-ring (bicyclic) bond motifs is 1. The Labute approximate surface area is 119 Å². The predicted molar refractivity (Wildman–Crippen MR) is 81.3 cm³/mol. The third-order valence-corrected chi connectivity index (χ3v) is 4.72. The fraction of sp³-hybridized carbons (Fsp3) is 0.533. The first kappa shape index (κ1) is 14.3. The van der Waals surface area contributed by atoms with Gasteiger partial charge in [-0.2, -0.15) is 0 Å². The average molecular weight is 278 g/mol. The molecule has 0 atom stereocenters. The molecule has 1 aliphatic carbocycles. The molecule has 0 bridgehead atoms. The van der Waals surface area contributed by atoms with Crippen molar-refractivity contribution in [2.75, 3.05) is 7.11 Å². The van der Waals surface area contributed by atoms with E-state index in [2.05, 4.69) is 29.4 Å². The highest BCUT2D eigenvalue weighted by Crippen LogP contribution is 2.53. The van der Waals surface area contributed by atoms with Crippen molar-refractivity contribution in [1.82, 2.24) is 9.38 Å². The van der Waals surface area contributed by atoms with Crippen LogP contribution in [0.25, 0.3) is 5.65 Å². The molecule has 1 saturated carbocycles. The lowest BCUT2D eigenvalue weighted by Crippen LogP contribution is -1.98. The number of methoxy groups -OCH3 is 1. The molecule has 0 radical (unpaired) electrons. The van der Waals surface area contributed by atoms with E-state index in [1.165, 1.54) is 17.7 Å². The molecule has 0 saturated heterocycles. The SMILES string of the molecule is CC.COc1cc2ncc(C)n2cc1SC1(C)CC1. The molecule has 104 valence electrons. The van der Waals surface area contributed by atoms with Gasteiger partial charge in [0.25, 0.3) is 0 Å². The maximum atomic E-state index is 5.46. The second-order valence-corrected chi connectivity index (χ2v) is 6.52. The van der Waals surface area contributed by atoms with Crippen LogP contribution in [0.5, 0.6) is 5.75 Å². The third-order valence-electron chi connectivity index (χ3n) is 3.29. The van der Waals surface area contributed by atoms with E-state index in [-0.39, 0.29) is 0 Å². The molecule has 4 heteroatoms. The smallest absolute Gasteiger partial charge is 0.140 e. The Hall–Kier alpha value is -1.16.